The maximum absolute atomic E-state index is 12.1. The second-order valence-electron chi connectivity index (χ2n) is 5.05. The van der Waals surface area contributed by atoms with Gasteiger partial charge >= 0.3 is 5.97 Å². The van der Waals surface area contributed by atoms with Crippen molar-refractivity contribution in [3.05, 3.63) is 34.9 Å². The summed E-state index contributed by atoms with van der Waals surface area (Å²) in [5, 5.41) is 0.507. The molecule has 3 nitrogen and oxygen atoms in total. The molecule has 0 radical (unpaired) electrons. The topological polar surface area (TPSA) is 52.3 Å². The first kappa shape index (κ1) is 14.4. The van der Waals surface area contributed by atoms with E-state index < -0.39 is 6.04 Å². The predicted molar refractivity (Wildman–Crippen MR) is 76.0 cm³/mol. The Kier molecular flexibility index (Phi) is 5.23. The van der Waals surface area contributed by atoms with Crippen LogP contribution in [0.5, 0.6) is 0 Å². The van der Waals surface area contributed by atoms with E-state index in [1.807, 2.05) is 12.1 Å². The molecular formula is C15H20ClNO2. The van der Waals surface area contributed by atoms with Gasteiger partial charge in [-0.1, -0.05) is 42.6 Å². The van der Waals surface area contributed by atoms with Crippen molar-refractivity contribution >= 4 is 17.6 Å². The minimum Gasteiger partial charge on any atom is -0.461 e. The van der Waals surface area contributed by atoms with Gasteiger partial charge in [-0.3, -0.25) is 0 Å². The maximum Gasteiger partial charge on any atom is 0.327 e. The molecular weight excluding hydrogens is 262 g/mol. The average Bonchev–Trinajstić information content (AvgIpc) is 2.67. The summed E-state index contributed by atoms with van der Waals surface area (Å²) in [6, 6.07) is 6.34. The normalized spacial score (nSPS) is 18.6. The van der Waals surface area contributed by atoms with Gasteiger partial charge in [-0.15, -0.1) is 0 Å². The van der Waals surface area contributed by atoms with E-state index in [4.69, 9.17) is 22.1 Å². The molecule has 2 N–H and O–H groups in total. The number of ether oxygens (including phenoxy) is 1. The minimum absolute atomic E-state index is 0.0172. The van der Waals surface area contributed by atoms with Crippen LogP contribution in [0.1, 0.15) is 50.1 Å². The van der Waals surface area contributed by atoms with Crippen LogP contribution in [-0.2, 0) is 9.53 Å². The van der Waals surface area contributed by atoms with Crippen molar-refractivity contribution in [2.24, 2.45) is 5.73 Å². The molecule has 4 heteroatoms. The summed E-state index contributed by atoms with van der Waals surface area (Å²) in [5.41, 5.74) is 6.56. The van der Waals surface area contributed by atoms with Gasteiger partial charge in [0.15, 0.2) is 0 Å². The molecule has 0 saturated heterocycles. The van der Waals surface area contributed by atoms with Gasteiger partial charge in [0.1, 0.15) is 12.1 Å². The first-order valence-corrected chi connectivity index (χ1v) is 7.27. The Morgan fingerprint density at radius 1 is 1.21 bits per heavy atom. The molecule has 1 aliphatic carbocycles. The van der Waals surface area contributed by atoms with Gasteiger partial charge < -0.3 is 10.5 Å². The highest BCUT2D eigenvalue weighted by atomic mass is 35.5. The predicted octanol–water partition coefficient (Wildman–Crippen LogP) is 3.61. The molecule has 0 amide bonds. The van der Waals surface area contributed by atoms with Gasteiger partial charge in [-0.2, -0.15) is 0 Å². The van der Waals surface area contributed by atoms with Crippen molar-refractivity contribution < 1.29 is 9.53 Å². The molecule has 0 unspecified atom stereocenters. The Morgan fingerprint density at radius 3 is 2.47 bits per heavy atom. The lowest BCUT2D eigenvalue weighted by atomic mass is 10.1. The number of benzene rings is 1. The summed E-state index contributed by atoms with van der Waals surface area (Å²) < 4.78 is 5.52. The van der Waals surface area contributed by atoms with E-state index in [2.05, 4.69) is 0 Å². The highest BCUT2D eigenvalue weighted by Gasteiger charge is 2.23. The van der Waals surface area contributed by atoms with Crippen LogP contribution in [0.25, 0.3) is 0 Å². The Labute approximate surface area is 119 Å². The number of carbonyl (C=O) groups is 1. The zero-order valence-corrected chi connectivity index (χ0v) is 11.7. The van der Waals surface area contributed by atoms with Crippen LogP contribution in [0.2, 0.25) is 5.02 Å². The molecule has 0 bridgehead atoms. The number of hydrogen-bond acceptors (Lipinski definition) is 3. The summed E-state index contributed by atoms with van der Waals surface area (Å²) in [4.78, 5) is 12.1. The zero-order chi connectivity index (χ0) is 13.7. The fourth-order valence-electron chi connectivity index (χ4n) is 2.45. The van der Waals surface area contributed by atoms with Gasteiger partial charge in [0, 0.05) is 5.02 Å². The summed E-state index contributed by atoms with van der Waals surface area (Å²) in [6.45, 7) is 0. The lowest BCUT2D eigenvalue weighted by molar-refractivity contribution is -0.151. The first-order chi connectivity index (χ1) is 9.18. The van der Waals surface area contributed by atoms with E-state index >= 15 is 0 Å². The summed E-state index contributed by atoms with van der Waals surface area (Å²) in [6.07, 6.45) is 6.61. The average molecular weight is 282 g/mol. The molecule has 0 aromatic heterocycles. The van der Waals surface area contributed by atoms with Crippen LogP contribution >= 0.6 is 11.6 Å². The smallest absolute Gasteiger partial charge is 0.327 e. The van der Waals surface area contributed by atoms with Crippen LogP contribution in [-0.4, -0.2) is 12.1 Å². The summed E-state index contributed by atoms with van der Waals surface area (Å²) in [7, 11) is 0. The minimum atomic E-state index is -0.794. The lowest BCUT2D eigenvalue weighted by Gasteiger charge is -2.19. The van der Waals surface area contributed by atoms with E-state index in [1.165, 1.54) is 12.8 Å². The number of nitrogens with two attached hydrogens (primary N) is 1. The third-order valence-electron chi connectivity index (χ3n) is 3.58. The molecule has 1 saturated carbocycles. The van der Waals surface area contributed by atoms with Gasteiger partial charge in [0.25, 0.3) is 0 Å². The molecule has 1 aromatic rings. The summed E-state index contributed by atoms with van der Waals surface area (Å²) >= 11 is 6.04. The third-order valence-corrected chi connectivity index (χ3v) is 3.92. The van der Waals surface area contributed by atoms with Crippen molar-refractivity contribution in [1.29, 1.82) is 0 Å². The van der Waals surface area contributed by atoms with Crippen LogP contribution in [0.15, 0.2) is 24.3 Å². The van der Waals surface area contributed by atoms with Crippen LogP contribution in [0.3, 0.4) is 0 Å². The van der Waals surface area contributed by atoms with Crippen molar-refractivity contribution in [2.45, 2.75) is 50.7 Å². The van der Waals surface area contributed by atoms with Crippen molar-refractivity contribution in [3.8, 4) is 0 Å². The molecule has 1 aromatic carbocycles. The quantitative estimate of drug-likeness (QED) is 0.680. The first-order valence-electron chi connectivity index (χ1n) is 6.89. The van der Waals surface area contributed by atoms with Gasteiger partial charge in [0.05, 0.1) is 0 Å². The van der Waals surface area contributed by atoms with E-state index in [-0.39, 0.29) is 12.1 Å². The molecule has 1 aliphatic rings. The van der Waals surface area contributed by atoms with E-state index in [1.54, 1.807) is 12.1 Å². The van der Waals surface area contributed by atoms with E-state index in [0.717, 1.165) is 25.7 Å². The highest BCUT2D eigenvalue weighted by molar-refractivity contribution is 6.31. The number of carbonyl (C=O) groups excluding carboxylic acids is 1. The molecule has 1 atom stereocenters. The van der Waals surface area contributed by atoms with Gasteiger partial charge in [-0.05, 0) is 37.3 Å². The third kappa shape index (κ3) is 3.95. The largest absolute Gasteiger partial charge is 0.461 e. The van der Waals surface area contributed by atoms with E-state index in [0.29, 0.717) is 10.6 Å². The number of hydrogen-bond donors (Lipinski definition) is 1. The Balaban J connectivity index is 1.97. The van der Waals surface area contributed by atoms with Crippen molar-refractivity contribution in [3.63, 3.8) is 0 Å². The second-order valence-corrected chi connectivity index (χ2v) is 5.46. The van der Waals surface area contributed by atoms with Crippen LogP contribution < -0.4 is 5.73 Å². The Morgan fingerprint density at radius 2 is 1.84 bits per heavy atom. The van der Waals surface area contributed by atoms with E-state index in [9.17, 15) is 4.79 Å². The fourth-order valence-corrected chi connectivity index (χ4v) is 2.70. The maximum atomic E-state index is 12.1. The number of esters is 1. The monoisotopic (exact) mass is 281 g/mol. The van der Waals surface area contributed by atoms with Gasteiger partial charge in [0.2, 0.25) is 0 Å². The molecule has 1 fully saturated rings. The zero-order valence-electron chi connectivity index (χ0n) is 11.0. The molecule has 2 rings (SSSR count). The standard InChI is InChI=1S/C15H20ClNO2/c16-13-10-6-5-9-12(13)14(17)15(18)19-11-7-3-1-2-4-8-11/h5-6,9-11,14H,1-4,7-8,17H2/t14-/m1/s1. The van der Waals surface area contributed by atoms with Crippen LogP contribution in [0.4, 0.5) is 0 Å². The number of rotatable bonds is 3. The molecule has 104 valence electrons. The second kappa shape index (κ2) is 6.92. The summed E-state index contributed by atoms with van der Waals surface area (Å²) in [5.74, 6) is -0.375. The lowest BCUT2D eigenvalue weighted by Crippen LogP contribution is -2.28. The fraction of sp³-hybridized carbons (Fsp3) is 0.533. The molecule has 19 heavy (non-hydrogen) atoms. The van der Waals surface area contributed by atoms with Crippen LogP contribution in [0, 0.1) is 0 Å². The van der Waals surface area contributed by atoms with Crippen molar-refractivity contribution in [2.75, 3.05) is 0 Å². The Bertz CT molecular complexity index is 428. The SMILES string of the molecule is N[C@@H](C(=O)OC1CCCCCC1)c1ccccc1Cl. The highest BCUT2D eigenvalue weighted by Crippen LogP contribution is 2.25. The molecule has 0 aliphatic heterocycles. The molecule has 0 spiro atoms. The van der Waals surface area contributed by atoms with Crippen molar-refractivity contribution in [1.82, 2.24) is 0 Å². The molecule has 0 heterocycles. The number of halogens is 1. The van der Waals surface area contributed by atoms with Gasteiger partial charge in [-0.25, -0.2) is 4.79 Å². The Hall–Kier alpha value is -1.06.